The molecule has 0 unspecified atom stereocenters. The lowest BCUT2D eigenvalue weighted by atomic mass is 10.0. The van der Waals surface area contributed by atoms with Crippen LogP contribution < -0.4 is 15.4 Å². The second kappa shape index (κ2) is 8.85. The van der Waals surface area contributed by atoms with Crippen LogP contribution in [-0.2, 0) is 16.0 Å². The minimum atomic E-state index is -0.488. The highest BCUT2D eigenvalue weighted by atomic mass is 16.5. The van der Waals surface area contributed by atoms with Crippen LogP contribution >= 0.6 is 0 Å². The Bertz CT molecular complexity index is 582. The molecule has 2 amide bonds. The van der Waals surface area contributed by atoms with E-state index in [1.54, 1.807) is 0 Å². The van der Waals surface area contributed by atoms with Crippen LogP contribution in [0.15, 0.2) is 24.3 Å². The van der Waals surface area contributed by atoms with E-state index in [-0.39, 0.29) is 18.4 Å². The highest BCUT2D eigenvalue weighted by Gasteiger charge is 2.25. The van der Waals surface area contributed by atoms with E-state index in [0.717, 1.165) is 30.9 Å². The number of nitrogens with one attached hydrogen (secondary N) is 2. The van der Waals surface area contributed by atoms with Gasteiger partial charge in [-0.05, 0) is 50.0 Å². The number of nitrogens with zero attached hydrogens (tertiary/aromatic N) is 1. The van der Waals surface area contributed by atoms with Crippen molar-refractivity contribution in [1.82, 2.24) is 15.5 Å². The van der Waals surface area contributed by atoms with E-state index < -0.39 is 6.04 Å². The Kier molecular flexibility index (Phi) is 6.28. The number of carbonyl (C=O) groups is 2. The molecule has 2 saturated heterocycles. The van der Waals surface area contributed by atoms with Crippen LogP contribution in [-0.4, -0.2) is 55.5 Å². The molecule has 0 radical (unpaired) electrons. The summed E-state index contributed by atoms with van der Waals surface area (Å²) in [5.41, 5.74) is 1.00. The highest BCUT2D eigenvalue weighted by Crippen LogP contribution is 2.15. The van der Waals surface area contributed by atoms with Gasteiger partial charge in [0.05, 0.1) is 13.2 Å². The fraction of sp³-hybridized carbons (Fsp3) is 0.579. The molecule has 2 aliphatic heterocycles. The topological polar surface area (TPSA) is 70.7 Å². The van der Waals surface area contributed by atoms with Gasteiger partial charge in [-0.1, -0.05) is 18.6 Å². The Hall–Kier alpha value is -2.08. The second-order valence-electron chi connectivity index (χ2n) is 6.79. The quantitative estimate of drug-likeness (QED) is 0.726. The number of piperazine rings is 1. The predicted molar refractivity (Wildman–Crippen MR) is 95.5 cm³/mol. The van der Waals surface area contributed by atoms with Crippen LogP contribution in [0.1, 0.15) is 31.2 Å². The molecule has 1 atom stereocenters. The number of ether oxygens (including phenoxy) is 1. The smallest absolute Gasteiger partial charge is 0.243 e. The summed E-state index contributed by atoms with van der Waals surface area (Å²) in [6.07, 6.45) is 5.54. The van der Waals surface area contributed by atoms with Crippen LogP contribution in [0.25, 0.3) is 0 Å². The third kappa shape index (κ3) is 5.46. The monoisotopic (exact) mass is 345 g/mol. The zero-order valence-electron chi connectivity index (χ0n) is 14.6. The lowest BCUT2D eigenvalue weighted by Crippen LogP contribution is -2.56. The van der Waals surface area contributed by atoms with E-state index >= 15 is 0 Å². The van der Waals surface area contributed by atoms with Crippen molar-refractivity contribution in [3.05, 3.63) is 29.8 Å². The maximum Gasteiger partial charge on any atom is 0.243 e. The van der Waals surface area contributed by atoms with Gasteiger partial charge in [0.25, 0.3) is 0 Å². The molecule has 6 heteroatoms. The Labute approximate surface area is 148 Å². The molecular weight excluding hydrogens is 318 g/mol. The van der Waals surface area contributed by atoms with Crippen LogP contribution in [0.4, 0.5) is 0 Å². The molecular formula is C19H27N3O3. The normalized spacial score (nSPS) is 21.5. The van der Waals surface area contributed by atoms with Crippen molar-refractivity contribution in [2.75, 3.05) is 32.8 Å². The minimum absolute atomic E-state index is 0.0690. The van der Waals surface area contributed by atoms with E-state index in [9.17, 15) is 9.59 Å². The number of hydrogen-bond acceptors (Lipinski definition) is 4. The summed E-state index contributed by atoms with van der Waals surface area (Å²) in [7, 11) is 0. The van der Waals surface area contributed by atoms with Crippen LogP contribution in [0, 0.1) is 0 Å². The van der Waals surface area contributed by atoms with Gasteiger partial charge in [-0.3, -0.25) is 9.59 Å². The largest absolute Gasteiger partial charge is 0.494 e. The summed E-state index contributed by atoms with van der Waals surface area (Å²) >= 11 is 0. The van der Waals surface area contributed by atoms with Gasteiger partial charge in [-0.15, -0.1) is 0 Å². The van der Waals surface area contributed by atoms with Gasteiger partial charge in [0, 0.05) is 13.0 Å². The molecule has 2 fully saturated rings. The molecule has 6 nitrogen and oxygen atoms in total. The van der Waals surface area contributed by atoms with Gasteiger partial charge in [-0.25, -0.2) is 0 Å². The van der Waals surface area contributed by atoms with Crippen molar-refractivity contribution in [3.8, 4) is 5.75 Å². The molecule has 0 aromatic heterocycles. The van der Waals surface area contributed by atoms with E-state index in [1.165, 1.54) is 32.4 Å². The van der Waals surface area contributed by atoms with Crippen LogP contribution in [0.2, 0.25) is 0 Å². The third-order valence-electron chi connectivity index (χ3n) is 4.77. The molecule has 0 bridgehead atoms. The summed E-state index contributed by atoms with van der Waals surface area (Å²) in [5.74, 6) is 0.579. The summed E-state index contributed by atoms with van der Waals surface area (Å²) in [4.78, 5) is 25.6. The molecule has 136 valence electrons. The summed E-state index contributed by atoms with van der Waals surface area (Å²) in [6, 6.07) is 7.28. The molecule has 3 rings (SSSR count). The van der Waals surface area contributed by atoms with Gasteiger partial charge >= 0.3 is 0 Å². The molecule has 0 aliphatic carbocycles. The summed E-state index contributed by atoms with van der Waals surface area (Å²) in [6.45, 7) is 4.34. The van der Waals surface area contributed by atoms with E-state index in [0.29, 0.717) is 6.42 Å². The first-order valence-electron chi connectivity index (χ1n) is 9.22. The second-order valence-corrected chi connectivity index (χ2v) is 6.79. The third-order valence-corrected chi connectivity index (χ3v) is 4.77. The summed E-state index contributed by atoms with van der Waals surface area (Å²) in [5, 5.41) is 5.31. The van der Waals surface area contributed by atoms with Gasteiger partial charge in [0.15, 0.2) is 0 Å². The lowest BCUT2D eigenvalue weighted by molar-refractivity contribution is -0.133. The van der Waals surface area contributed by atoms with Gasteiger partial charge in [-0.2, -0.15) is 0 Å². The predicted octanol–water partition coefficient (Wildman–Crippen LogP) is 1.10. The Morgan fingerprint density at radius 3 is 2.60 bits per heavy atom. The molecule has 0 spiro atoms. The number of hydrogen-bond donors (Lipinski definition) is 2. The van der Waals surface area contributed by atoms with Crippen molar-refractivity contribution in [1.29, 1.82) is 0 Å². The van der Waals surface area contributed by atoms with Crippen molar-refractivity contribution >= 4 is 11.8 Å². The number of rotatable bonds is 7. The number of piperidine rings is 1. The number of amides is 2. The lowest BCUT2D eigenvalue weighted by Gasteiger charge is -2.26. The fourth-order valence-electron chi connectivity index (χ4n) is 3.36. The standard InChI is InChI=1S/C19H27N3O3/c23-18-14-20-19(24)17(21-18)13-15-5-7-16(8-6-15)25-12-4-11-22-9-2-1-3-10-22/h5-8,17H,1-4,9-14H2,(H,20,24)(H,21,23)/t17-/m1/s1. The maximum absolute atomic E-state index is 11.8. The fourth-order valence-corrected chi connectivity index (χ4v) is 3.36. The molecule has 2 heterocycles. The Balaban J connectivity index is 1.39. The van der Waals surface area contributed by atoms with Crippen molar-refractivity contribution < 1.29 is 14.3 Å². The van der Waals surface area contributed by atoms with E-state index in [2.05, 4.69) is 15.5 Å². The van der Waals surface area contributed by atoms with Crippen LogP contribution in [0.3, 0.4) is 0 Å². The molecule has 25 heavy (non-hydrogen) atoms. The number of carbonyl (C=O) groups excluding carboxylic acids is 2. The van der Waals surface area contributed by atoms with Crippen LogP contribution in [0.5, 0.6) is 5.75 Å². The maximum atomic E-state index is 11.8. The first-order chi connectivity index (χ1) is 12.2. The van der Waals surface area contributed by atoms with Gasteiger partial charge in [0.1, 0.15) is 11.8 Å². The number of benzene rings is 1. The average molecular weight is 345 g/mol. The van der Waals surface area contributed by atoms with Gasteiger partial charge < -0.3 is 20.3 Å². The Morgan fingerprint density at radius 2 is 1.84 bits per heavy atom. The molecule has 2 N–H and O–H groups in total. The average Bonchev–Trinajstić information content (AvgIpc) is 2.64. The molecule has 0 saturated carbocycles. The summed E-state index contributed by atoms with van der Waals surface area (Å²) < 4.78 is 5.80. The van der Waals surface area contributed by atoms with Crippen molar-refractivity contribution in [2.24, 2.45) is 0 Å². The first kappa shape index (κ1) is 17.7. The zero-order chi connectivity index (χ0) is 17.5. The van der Waals surface area contributed by atoms with E-state index in [1.807, 2.05) is 24.3 Å². The van der Waals surface area contributed by atoms with Crippen molar-refractivity contribution in [2.45, 2.75) is 38.1 Å². The zero-order valence-corrected chi connectivity index (χ0v) is 14.6. The molecule has 1 aromatic carbocycles. The SMILES string of the molecule is O=C1CNC(=O)[C@@H](Cc2ccc(OCCCN3CCCCC3)cc2)N1. The van der Waals surface area contributed by atoms with Crippen molar-refractivity contribution in [3.63, 3.8) is 0 Å². The molecule has 2 aliphatic rings. The minimum Gasteiger partial charge on any atom is -0.494 e. The number of likely N-dealkylation sites (tertiary alicyclic amines) is 1. The first-order valence-corrected chi connectivity index (χ1v) is 9.22. The van der Waals surface area contributed by atoms with E-state index in [4.69, 9.17) is 4.74 Å². The highest BCUT2D eigenvalue weighted by molar-refractivity contribution is 5.94. The Morgan fingerprint density at radius 1 is 1.08 bits per heavy atom. The van der Waals surface area contributed by atoms with Gasteiger partial charge in [0.2, 0.25) is 11.8 Å². The molecule has 1 aromatic rings.